The van der Waals surface area contributed by atoms with Gasteiger partial charge in [-0.2, -0.15) is 0 Å². The number of rotatable bonds is 4. The first-order valence-corrected chi connectivity index (χ1v) is 5.51. The molecule has 0 amide bonds. The average molecular weight is 197 g/mol. The van der Waals surface area contributed by atoms with Crippen LogP contribution >= 0.6 is 11.8 Å². The van der Waals surface area contributed by atoms with Crippen molar-refractivity contribution >= 4 is 11.8 Å². The highest BCUT2D eigenvalue weighted by Crippen LogP contribution is 2.04. The van der Waals surface area contributed by atoms with Crippen molar-refractivity contribution in [1.82, 2.24) is 4.90 Å². The average Bonchev–Trinajstić information content (AvgIpc) is 2.19. The Morgan fingerprint density at radius 1 is 1.46 bits per heavy atom. The Hall–Kier alpha value is -0.430. The number of terminal acetylenes is 1. The van der Waals surface area contributed by atoms with Crippen molar-refractivity contribution in [1.29, 1.82) is 0 Å². The fourth-order valence-corrected chi connectivity index (χ4v) is 1.84. The number of morpholine rings is 1. The maximum absolute atomic E-state index is 5.26. The van der Waals surface area contributed by atoms with Gasteiger partial charge in [-0.05, 0) is 11.5 Å². The molecule has 0 aromatic rings. The molecule has 0 aliphatic carbocycles. The van der Waals surface area contributed by atoms with Crippen molar-refractivity contribution in [2.24, 2.45) is 0 Å². The lowest BCUT2D eigenvalue weighted by molar-refractivity contribution is 0.0410. The van der Waals surface area contributed by atoms with Crippen LogP contribution in [-0.4, -0.2) is 43.5 Å². The highest BCUT2D eigenvalue weighted by Gasteiger charge is 2.08. The summed E-state index contributed by atoms with van der Waals surface area (Å²) in [5.74, 6) is 3.58. The molecule has 0 atom stereocenters. The molecule has 0 radical (unpaired) electrons. The molecule has 0 spiro atoms. The van der Waals surface area contributed by atoms with Crippen molar-refractivity contribution in [2.75, 3.05) is 38.6 Å². The summed E-state index contributed by atoms with van der Waals surface area (Å²) in [5.41, 5.74) is 0. The van der Waals surface area contributed by atoms with E-state index in [1.165, 1.54) is 0 Å². The van der Waals surface area contributed by atoms with Gasteiger partial charge in [0.05, 0.1) is 13.2 Å². The number of allylic oxidation sites excluding steroid dienone is 1. The molecular weight excluding hydrogens is 182 g/mol. The van der Waals surface area contributed by atoms with Crippen LogP contribution in [0.3, 0.4) is 0 Å². The van der Waals surface area contributed by atoms with E-state index in [-0.39, 0.29) is 0 Å². The zero-order valence-electron chi connectivity index (χ0n) is 7.74. The quantitative estimate of drug-likeness (QED) is 0.496. The van der Waals surface area contributed by atoms with E-state index in [0.717, 1.165) is 38.6 Å². The molecule has 0 bridgehead atoms. The molecule has 1 aliphatic rings. The van der Waals surface area contributed by atoms with Crippen molar-refractivity contribution < 1.29 is 4.74 Å². The molecule has 1 rings (SSSR count). The minimum absolute atomic E-state index is 0.880. The molecule has 1 aliphatic heterocycles. The van der Waals surface area contributed by atoms with E-state index in [4.69, 9.17) is 11.2 Å². The molecule has 1 heterocycles. The summed E-state index contributed by atoms with van der Waals surface area (Å²) in [6, 6.07) is 0. The first-order chi connectivity index (χ1) is 6.43. The fourth-order valence-electron chi connectivity index (χ4n) is 1.16. The highest BCUT2D eigenvalue weighted by molar-refractivity contribution is 8.02. The first kappa shape index (κ1) is 10.6. The second-order valence-electron chi connectivity index (χ2n) is 2.79. The minimum Gasteiger partial charge on any atom is -0.379 e. The van der Waals surface area contributed by atoms with Gasteiger partial charge in [0.1, 0.15) is 0 Å². The molecule has 0 N–H and O–H groups in total. The highest BCUT2D eigenvalue weighted by atomic mass is 32.2. The van der Waals surface area contributed by atoms with Gasteiger partial charge in [-0.15, -0.1) is 18.2 Å². The predicted molar refractivity (Wildman–Crippen MR) is 57.7 cm³/mol. The third-order valence-corrected chi connectivity index (χ3v) is 2.64. The standard InChI is InChI=1S/C10H15NOS/c1-2-3-9-13-10-6-11-4-7-12-8-5-11/h1,3,9H,4-8,10H2/b9-3-. The van der Waals surface area contributed by atoms with Crippen molar-refractivity contribution in [3.8, 4) is 12.3 Å². The van der Waals surface area contributed by atoms with Crippen LogP contribution in [0.25, 0.3) is 0 Å². The monoisotopic (exact) mass is 197 g/mol. The molecule has 1 fully saturated rings. The Balaban J connectivity index is 1.98. The number of thioether (sulfide) groups is 1. The van der Waals surface area contributed by atoms with Gasteiger partial charge in [0.15, 0.2) is 0 Å². The Morgan fingerprint density at radius 3 is 2.92 bits per heavy atom. The molecule has 0 unspecified atom stereocenters. The molecule has 2 nitrogen and oxygen atoms in total. The zero-order chi connectivity index (χ0) is 9.36. The Labute approximate surface area is 84.3 Å². The SMILES string of the molecule is C#C/C=C\SCCN1CCOCC1. The summed E-state index contributed by atoms with van der Waals surface area (Å²) in [7, 11) is 0. The normalized spacial score (nSPS) is 19.0. The maximum atomic E-state index is 5.26. The predicted octanol–water partition coefficient (Wildman–Crippen LogP) is 1.20. The molecule has 0 saturated carbocycles. The number of nitrogens with zero attached hydrogens (tertiary/aromatic N) is 1. The van der Waals surface area contributed by atoms with E-state index in [1.807, 2.05) is 5.41 Å². The van der Waals surface area contributed by atoms with Gasteiger partial charge in [0, 0.05) is 25.4 Å². The van der Waals surface area contributed by atoms with Crippen molar-refractivity contribution in [2.45, 2.75) is 0 Å². The summed E-state index contributed by atoms with van der Waals surface area (Å²) in [6.07, 6.45) is 6.82. The summed E-state index contributed by atoms with van der Waals surface area (Å²) in [4.78, 5) is 2.42. The van der Waals surface area contributed by atoms with E-state index in [0.29, 0.717) is 0 Å². The third-order valence-electron chi connectivity index (χ3n) is 1.89. The lowest BCUT2D eigenvalue weighted by Gasteiger charge is -2.25. The van der Waals surface area contributed by atoms with E-state index in [1.54, 1.807) is 17.8 Å². The first-order valence-electron chi connectivity index (χ1n) is 4.46. The van der Waals surface area contributed by atoms with Crippen LogP contribution < -0.4 is 0 Å². The second kappa shape index (κ2) is 7.02. The Morgan fingerprint density at radius 2 is 2.23 bits per heavy atom. The lowest BCUT2D eigenvalue weighted by Crippen LogP contribution is -2.37. The van der Waals surface area contributed by atoms with Gasteiger partial charge >= 0.3 is 0 Å². The zero-order valence-corrected chi connectivity index (χ0v) is 8.55. The van der Waals surface area contributed by atoms with E-state index in [9.17, 15) is 0 Å². The molecule has 1 saturated heterocycles. The fraction of sp³-hybridized carbons (Fsp3) is 0.600. The number of hydrogen-bond acceptors (Lipinski definition) is 3. The van der Waals surface area contributed by atoms with Gasteiger partial charge in [-0.25, -0.2) is 0 Å². The lowest BCUT2D eigenvalue weighted by atomic mass is 10.4. The third kappa shape index (κ3) is 4.99. The van der Waals surface area contributed by atoms with Crippen LogP contribution in [0.4, 0.5) is 0 Å². The molecule has 72 valence electrons. The summed E-state index contributed by atoms with van der Waals surface area (Å²) in [5, 5.41) is 1.97. The van der Waals surface area contributed by atoms with Crippen LogP contribution in [0, 0.1) is 12.3 Å². The van der Waals surface area contributed by atoms with Gasteiger partial charge < -0.3 is 4.74 Å². The van der Waals surface area contributed by atoms with Crippen LogP contribution in [0.1, 0.15) is 0 Å². The van der Waals surface area contributed by atoms with E-state index in [2.05, 4.69) is 10.8 Å². The van der Waals surface area contributed by atoms with Gasteiger partial charge in [0.25, 0.3) is 0 Å². The van der Waals surface area contributed by atoms with Crippen LogP contribution in [0.15, 0.2) is 11.5 Å². The van der Waals surface area contributed by atoms with Crippen LogP contribution in [0.2, 0.25) is 0 Å². The molecular formula is C10H15NOS. The Bertz CT molecular complexity index is 192. The van der Waals surface area contributed by atoms with Gasteiger partial charge in [0.2, 0.25) is 0 Å². The van der Waals surface area contributed by atoms with Crippen molar-refractivity contribution in [3.05, 3.63) is 11.5 Å². The molecule has 13 heavy (non-hydrogen) atoms. The minimum atomic E-state index is 0.880. The number of ether oxygens (including phenoxy) is 1. The van der Waals surface area contributed by atoms with Gasteiger partial charge in [-0.3, -0.25) is 4.90 Å². The van der Waals surface area contributed by atoms with Crippen LogP contribution in [0.5, 0.6) is 0 Å². The maximum Gasteiger partial charge on any atom is 0.0594 e. The summed E-state index contributed by atoms with van der Waals surface area (Å²) < 4.78 is 5.26. The number of hydrogen-bond donors (Lipinski definition) is 0. The summed E-state index contributed by atoms with van der Waals surface area (Å²) in [6.45, 7) is 5.03. The second-order valence-corrected chi connectivity index (χ2v) is 3.81. The molecule has 3 heteroatoms. The van der Waals surface area contributed by atoms with E-state index >= 15 is 0 Å². The smallest absolute Gasteiger partial charge is 0.0594 e. The van der Waals surface area contributed by atoms with Crippen molar-refractivity contribution in [3.63, 3.8) is 0 Å². The molecule has 0 aromatic heterocycles. The van der Waals surface area contributed by atoms with Gasteiger partial charge in [-0.1, -0.05) is 5.92 Å². The summed E-state index contributed by atoms with van der Waals surface area (Å²) >= 11 is 1.77. The Kier molecular flexibility index (Phi) is 5.75. The topological polar surface area (TPSA) is 12.5 Å². The van der Waals surface area contributed by atoms with Crippen LogP contribution in [-0.2, 0) is 4.74 Å². The van der Waals surface area contributed by atoms with E-state index < -0.39 is 0 Å². The molecule has 0 aromatic carbocycles. The largest absolute Gasteiger partial charge is 0.379 e.